The first-order chi connectivity index (χ1) is 10.9. The molecule has 1 aromatic carbocycles. The first kappa shape index (κ1) is 19.2. The van der Waals surface area contributed by atoms with Crippen molar-refractivity contribution in [1.29, 1.82) is 0 Å². The molecule has 0 bridgehead atoms. The third-order valence-corrected chi connectivity index (χ3v) is 3.93. The van der Waals surface area contributed by atoms with Gasteiger partial charge in [0, 0.05) is 13.5 Å². The lowest BCUT2D eigenvalue weighted by Gasteiger charge is -2.28. The Bertz CT molecular complexity index is 589. The van der Waals surface area contributed by atoms with E-state index in [4.69, 9.17) is 13.9 Å². The average molecular weight is 332 g/mol. The van der Waals surface area contributed by atoms with Gasteiger partial charge >= 0.3 is 0 Å². The second kappa shape index (κ2) is 9.34. The maximum atomic E-state index is 11.0. The summed E-state index contributed by atoms with van der Waals surface area (Å²) in [6.45, 7) is 6.17. The highest BCUT2D eigenvalue weighted by atomic mass is 28.4. The Morgan fingerprint density at radius 2 is 1.83 bits per heavy atom. The molecule has 2 unspecified atom stereocenters. The van der Waals surface area contributed by atoms with Crippen LogP contribution in [0.5, 0.6) is 0 Å². The molecule has 0 aliphatic heterocycles. The highest BCUT2D eigenvalue weighted by molar-refractivity contribution is 6.69. The third kappa shape index (κ3) is 6.85. The molecule has 0 N–H and O–H groups in total. The summed E-state index contributed by atoms with van der Waals surface area (Å²) in [6.07, 6.45) is -0.644. The molecule has 4 nitrogen and oxygen atoms in total. The zero-order valence-corrected chi connectivity index (χ0v) is 15.4. The van der Waals surface area contributed by atoms with Crippen LogP contribution in [0, 0.1) is 11.8 Å². The van der Waals surface area contributed by atoms with Gasteiger partial charge in [-0.2, -0.15) is 0 Å². The van der Waals surface area contributed by atoms with Gasteiger partial charge < -0.3 is 13.9 Å². The minimum Gasteiger partial charge on any atom is -0.488 e. The van der Waals surface area contributed by atoms with Crippen LogP contribution < -0.4 is 0 Å². The summed E-state index contributed by atoms with van der Waals surface area (Å²) in [5.74, 6) is 8.02. The van der Waals surface area contributed by atoms with Crippen molar-refractivity contribution >= 4 is 14.3 Å². The van der Waals surface area contributed by atoms with E-state index in [-0.39, 0.29) is 5.76 Å². The Hall–Kier alpha value is -1.83. The Morgan fingerprint density at radius 3 is 2.30 bits per heavy atom. The molecule has 0 heterocycles. The monoisotopic (exact) mass is 332 g/mol. The molecule has 0 amide bonds. The Balaban J connectivity index is 2.98. The largest absolute Gasteiger partial charge is 0.488 e. The van der Waals surface area contributed by atoms with Gasteiger partial charge in [0.2, 0.25) is 5.76 Å². The summed E-state index contributed by atoms with van der Waals surface area (Å²) in [6, 6.07) is 9.95. The van der Waals surface area contributed by atoms with Crippen LogP contribution in [0.25, 0.3) is 0 Å². The summed E-state index contributed by atoms with van der Waals surface area (Å²) >= 11 is 0. The summed E-state index contributed by atoms with van der Waals surface area (Å²) in [5, 5.41) is 0. The quantitative estimate of drug-likeness (QED) is 0.333. The van der Waals surface area contributed by atoms with E-state index in [9.17, 15) is 4.79 Å². The van der Waals surface area contributed by atoms with Crippen molar-refractivity contribution < 1.29 is 18.7 Å². The second-order valence-electron chi connectivity index (χ2n) is 5.96. The number of carbonyl (C=O) groups excluding carboxylic acids is 1. The van der Waals surface area contributed by atoms with Crippen molar-refractivity contribution in [2.24, 2.45) is 0 Å². The van der Waals surface area contributed by atoms with Crippen molar-refractivity contribution in [3.63, 3.8) is 0 Å². The van der Waals surface area contributed by atoms with Crippen molar-refractivity contribution in [2.75, 3.05) is 14.2 Å². The van der Waals surface area contributed by atoms with Crippen LogP contribution in [-0.4, -0.2) is 40.7 Å². The van der Waals surface area contributed by atoms with Crippen LogP contribution >= 0.6 is 0 Å². The van der Waals surface area contributed by atoms with Crippen molar-refractivity contribution in [2.45, 2.75) is 38.3 Å². The number of ether oxygens (including phenoxy) is 2. The molecule has 0 aromatic heterocycles. The summed E-state index contributed by atoms with van der Waals surface area (Å²) in [7, 11) is 1.03. The van der Waals surface area contributed by atoms with Gasteiger partial charge in [0.25, 0.3) is 0 Å². The van der Waals surface area contributed by atoms with Gasteiger partial charge in [0.05, 0.1) is 7.11 Å². The summed E-state index contributed by atoms with van der Waals surface area (Å²) in [4.78, 5) is 11.0. The molecule has 5 heteroatoms. The molecule has 0 fully saturated rings. The lowest BCUT2D eigenvalue weighted by Crippen LogP contribution is -2.40. The smallest absolute Gasteiger partial charge is 0.212 e. The van der Waals surface area contributed by atoms with E-state index in [1.54, 1.807) is 5.94 Å². The van der Waals surface area contributed by atoms with Gasteiger partial charge in [-0.1, -0.05) is 42.2 Å². The second-order valence-corrected chi connectivity index (χ2v) is 10.4. The minimum absolute atomic E-state index is 0.0600. The number of rotatable bonds is 7. The summed E-state index contributed by atoms with van der Waals surface area (Å²) < 4.78 is 16.5. The van der Waals surface area contributed by atoms with Crippen LogP contribution in [0.1, 0.15) is 5.56 Å². The van der Waals surface area contributed by atoms with Gasteiger partial charge in [-0.15, -0.1) is 0 Å². The van der Waals surface area contributed by atoms with Crippen molar-refractivity contribution in [3.8, 4) is 11.8 Å². The van der Waals surface area contributed by atoms with Gasteiger partial charge in [-0.25, -0.2) is 4.79 Å². The fourth-order valence-corrected chi connectivity index (χ4v) is 2.93. The molecule has 1 aromatic rings. The average Bonchev–Trinajstić information content (AvgIpc) is 2.51. The van der Waals surface area contributed by atoms with Crippen molar-refractivity contribution in [3.05, 3.63) is 41.7 Å². The molecule has 0 saturated carbocycles. The number of hydrogen-bond donors (Lipinski definition) is 0. The molecule has 2 atom stereocenters. The Labute approximate surface area is 139 Å². The van der Waals surface area contributed by atoms with Gasteiger partial charge in [-0.05, 0) is 25.2 Å². The maximum Gasteiger partial charge on any atom is 0.212 e. The Kier molecular flexibility index (Phi) is 7.80. The van der Waals surface area contributed by atoms with E-state index in [1.165, 1.54) is 14.2 Å². The van der Waals surface area contributed by atoms with E-state index >= 15 is 0 Å². The fraction of sp³-hybridized carbons (Fsp3) is 0.444. The zero-order valence-electron chi connectivity index (χ0n) is 14.4. The highest BCUT2D eigenvalue weighted by Gasteiger charge is 2.31. The third-order valence-electron chi connectivity index (χ3n) is 2.97. The first-order valence-corrected chi connectivity index (χ1v) is 10.8. The number of hydrogen-bond acceptors (Lipinski definition) is 4. The van der Waals surface area contributed by atoms with Gasteiger partial charge in [0.1, 0.15) is 6.10 Å². The van der Waals surface area contributed by atoms with Crippen LogP contribution in [0.3, 0.4) is 0 Å². The van der Waals surface area contributed by atoms with E-state index < -0.39 is 20.5 Å². The lowest BCUT2D eigenvalue weighted by molar-refractivity contribution is 0.0168. The zero-order chi connectivity index (χ0) is 17.3. The molecule has 0 spiro atoms. The topological polar surface area (TPSA) is 44.8 Å². The summed E-state index contributed by atoms with van der Waals surface area (Å²) in [5.41, 5.74) is 1.12. The van der Waals surface area contributed by atoms with E-state index in [0.717, 1.165) is 5.56 Å². The predicted octanol–water partition coefficient (Wildman–Crippen LogP) is 2.83. The van der Waals surface area contributed by atoms with Crippen LogP contribution in [0.4, 0.5) is 0 Å². The molecule has 23 heavy (non-hydrogen) atoms. The van der Waals surface area contributed by atoms with Gasteiger partial charge in [-0.3, -0.25) is 0 Å². The number of methoxy groups -OCH3 is 2. The molecular formula is C18H24O4Si. The van der Waals surface area contributed by atoms with E-state index in [2.05, 4.69) is 31.5 Å². The molecule has 0 aliphatic carbocycles. The first-order valence-electron chi connectivity index (χ1n) is 7.43. The number of benzene rings is 1. The lowest BCUT2D eigenvalue weighted by atomic mass is 10.1. The van der Waals surface area contributed by atoms with Crippen LogP contribution in [0.2, 0.25) is 19.6 Å². The molecule has 124 valence electrons. The fourth-order valence-electron chi connectivity index (χ4n) is 1.98. The Morgan fingerprint density at radius 1 is 1.17 bits per heavy atom. The molecular weight excluding hydrogens is 308 g/mol. The molecule has 0 aliphatic rings. The standard InChI is InChI=1S/C18H24O4Si/c1-20-17(14-19)18(21-2)16(22-23(3,4)5)13-9-12-15-10-7-6-8-11-15/h6-8,10-11,16,18H,12H2,1-5H3. The highest BCUT2D eigenvalue weighted by Crippen LogP contribution is 2.17. The van der Waals surface area contributed by atoms with E-state index in [0.29, 0.717) is 6.42 Å². The van der Waals surface area contributed by atoms with Crippen LogP contribution in [0.15, 0.2) is 36.1 Å². The predicted molar refractivity (Wildman–Crippen MR) is 93.2 cm³/mol. The molecule has 1 rings (SSSR count). The van der Waals surface area contributed by atoms with Gasteiger partial charge in [0.15, 0.2) is 20.4 Å². The molecule has 0 saturated heterocycles. The maximum absolute atomic E-state index is 11.0. The minimum atomic E-state index is -1.88. The van der Waals surface area contributed by atoms with Crippen LogP contribution in [-0.2, 0) is 25.1 Å². The normalized spacial score (nSPS) is 13.3. The van der Waals surface area contributed by atoms with Crippen molar-refractivity contribution in [1.82, 2.24) is 0 Å². The molecule has 0 radical (unpaired) electrons. The SMILES string of the molecule is COC(=C=O)C(OC)C(C#CCc1ccccc1)O[Si](C)(C)C. The van der Waals surface area contributed by atoms with E-state index in [1.807, 2.05) is 30.3 Å².